The number of aliphatic carboxylic acids is 1. The monoisotopic (exact) mass is 279 g/mol. The molecule has 4 nitrogen and oxygen atoms in total. The Balaban J connectivity index is 4.32. The molecule has 0 spiro atoms. The number of carboxylic acids is 1. The molecule has 0 bridgehead atoms. The van der Waals surface area contributed by atoms with Gasteiger partial charge in [0.1, 0.15) is 6.04 Å². The number of hydrogen-bond acceptors (Lipinski definition) is 4. The number of nitrogens with one attached hydrogen (secondary N) is 1. The topological polar surface area (TPSA) is 66.4 Å². The maximum absolute atomic E-state index is 11.8. The lowest BCUT2D eigenvalue weighted by Crippen LogP contribution is -2.45. The number of carbonyl (C=O) groups excluding carboxylic acids is 1. The van der Waals surface area contributed by atoms with Gasteiger partial charge in [-0.2, -0.15) is 24.4 Å². The van der Waals surface area contributed by atoms with Gasteiger partial charge in [0.05, 0.1) is 0 Å². The molecule has 0 aromatic heterocycles. The van der Waals surface area contributed by atoms with Crippen molar-refractivity contribution >= 4 is 36.3 Å². The van der Waals surface area contributed by atoms with Crippen LogP contribution in [0.15, 0.2) is 0 Å². The van der Waals surface area contributed by atoms with E-state index in [0.717, 1.165) is 18.6 Å². The van der Waals surface area contributed by atoms with Crippen LogP contribution in [-0.4, -0.2) is 40.3 Å². The van der Waals surface area contributed by atoms with E-state index in [-0.39, 0.29) is 11.8 Å². The fourth-order valence-electron chi connectivity index (χ4n) is 1.35. The number of rotatable bonds is 9. The average Bonchev–Trinajstić information content (AvgIpc) is 2.30. The molecule has 2 atom stereocenters. The van der Waals surface area contributed by atoms with Crippen molar-refractivity contribution in [1.29, 1.82) is 0 Å². The molecule has 0 heterocycles. The Kier molecular flexibility index (Phi) is 9.44. The van der Waals surface area contributed by atoms with Crippen molar-refractivity contribution in [1.82, 2.24) is 5.32 Å². The third-order valence-electron chi connectivity index (χ3n) is 2.33. The summed E-state index contributed by atoms with van der Waals surface area (Å²) in [5.74, 6) is 0.317. The van der Waals surface area contributed by atoms with E-state index in [2.05, 4.69) is 17.9 Å². The standard InChI is InChI=1S/C11H21NO3S2/c1-3-5-8(6-16)10(13)12-9(11(14)15)7-17-4-2/h8-9,16H,3-7H2,1-2H3,(H,12,13)(H,14,15)/t8?,9-/m1/s1. The van der Waals surface area contributed by atoms with E-state index >= 15 is 0 Å². The zero-order valence-corrected chi connectivity index (χ0v) is 12.0. The second-order valence-corrected chi connectivity index (χ2v) is 5.41. The molecule has 0 aromatic rings. The normalized spacial score (nSPS) is 14.1. The van der Waals surface area contributed by atoms with Gasteiger partial charge in [-0.15, -0.1) is 0 Å². The predicted octanol–water partition coefficient (Wildman–Crippen LogP) is 1.66. The van der Waals surface area contributed by atoms with Crippen molar-refractivity contribution in [3.63, 3.8) is 0 Å². The van der Waals surface area contributed by atoms with Crippen molar-refractivity contribution in [3.05, 3.63) is 0 Å². The van der Waals surface area contributed by atoms with E-state index in [0.29, 0.717) is 11.5 Å². The second kappa shape index (κ2) is 9.65. The molecule has 0 aliphatic rings. The first-order valence-electron chi connectivity index (χ1n) is 5.78. The molecule has 0 aliphatic carbocycles. The van der Waals surface area contributed by atoms with Gasteiger partial charge in [-0.25, -0.2) is 4.79 Å². The summed E-state index contributed by atoms with van der Waals surface area (Å²) in [5, 5.41) is 11.6. The van der Waals surface area contributed by atoms with Gasteiger partial charge >= 0.3 is 5.97 Å². The van der Waals surface area contributed by atoms with Crippen LogP contribution in [0.2, 0.25) is 0 Å². The van der Waals surface area contributed by atoms with E-state index in [1.165, 1.54) is 11.8 Å². The predicted molar refractivity (Wildman–Crippen MR) is 74.8 cm³/mol. The molecule has 0 aliphatic heterocycles. The molecule has 0 radical (unpaired) electrons. The van der Waals surface area contributed by atoms with Crippen LogP contribution in [0.5, 0.6) is 0 Å². The van der Waals surface area contributed by atoms with E-state index in [9.17, 15) is 9.59 Å². The van der Waals surface area contributed by atoms with Crippen molar-refractivity contribution in [2.45, 2.75) is 32.7 Å². The molecule has 17 heavy (non-hydrogen) atoms. The fourth-order valence-corrected chi connectivity index (χ4v) is 2.40. The Labute approximate surface area is 112 Å². The molecule has 1 amide bonds. The van der Waals surface area contributed by atoms with Gasteiger partial charge in [-0.1, -0.05) is 20.3 Å². The molecule has 100 valence electrons. The van der Waals surface area contributed by atoms with Gasteiger partial charge in [0.25, 0.3) is 0 Å². The highest BCUT2D eigenvalue weighted by Gasteiger charge is 2.23. The summed E-state index contributed by atoms with van der Waals surface area (Å²) in [6, 6.07) is -0.799. The van der Waals surface area contributed by atoms with Crippen LogP contribution in [0.4, 0.5) is 0 Å². The third kappa shape index (κ3) is 6.83. The zero-order chi connectivity index (χ0) is 13.3. The quantitative estimate of drug-likeness (QED) is 0.562. The number of amides is 1. The molecule has 0 saturated heterocycles. The molecule has 0 aromatic carbocycles. The number of carboxylic acid groups (broad SMARTS) is 1. The van der Waals surface area contributed by atoms with Gasteiger partial charge in [0, 0.05) is 17.4 Å². The molecule has 0 saturated carbocycles. The van der Waals surface area contributed by atoms with Crippen LogP contribution in [0.1, 0.15) is 26.7 Å². The van der Waals surface area contributed by atoms with Gasteiger partial charge in [-0.05, 0) is 12.2 Å². The van der Waals surface area contributed by atoms with E-state index < -0.39 is 12.0 Å². The SMILES string of the molecule is CCCC(CS)C(=O)N[C@H](CSCC)C(=O)O. The lowest BCUT2D eigenvalue weighted by atomic mass is 10.0. The first-order chi connectivity index (χ1) is 8.06. The van der Waals surface area contributed by atoms with Gasteiger partial charge in [0.15, 0.2) is 0 Å². The van der Waals surface area contributed by atoms with Crippen molar-refractivity contribution < 1.29 is 14.7 Å². The molecule has 1 unspecified atom stereocenters. The van der Waals surface area contributed by atoms with Crippen LogP contribution >= 0.6 is 24.4 Å². The molecular formula is C11H21NO3S2. The van der Waals surface area contributed by atoms with Crippen LogP contribution in [0, 0.1) is 5.92 Å². The maximum Gasteiger partial charge on any atom is 0.327 e. The van der Waals surface area contributed by atoms with Gasteiger partial charge in [0.2, 0.25) is 5.91 Å². The lowest BCUT2D eigenvalue weighted by molar-refractivity contribution is -0.141. The summed E-state index contributed by atoms with van der Waals surface area (Å²) in [4.78, 5) is 22.8. The highest BCUT2D eigenvalue weighted by atomic mass is 32.2. The molecule has 2 N–H and O–H groups in total. The number of thioether (sulfide) groups is 1. The number of carbonyl (C=O) groups is 2. The van der Waals surface area contributed by atoms with Crippen molar-refractivity contribution in [3.8, 4) is 0 Å². The molecular weight excluding hydrogens is 258 g/mol. The summed E-state index contributed by atoms with van der Waals surface area (Å²) < 4.78 is 0. The van der Waals surface area contributed by atoms with Crippen LogP contribution in [-0.2, 0) is 9.59 Å². The van der Waals surface area contributed by atoms with Crippen LogP contribution in [0.25, 0.3) is 0 Å². The van der Waals surface area contributed by atoms with E-state index in [1.54, 1.807) is 0 Å². The Bertz CT molecular complexity index is 249. The van der Waals surface area contributed by atoms with Crippen molar-refractivity contribution in [2.75, 3.05) is 17.3 Å². The Morgan fingerprint density at radius 2 is 2.06 bits per heavy atom. The lowest BCUT2D eigenvalue weighted by Gasteiger charge is -2.18. The molecule has 6 heteroatoms. The summed E-state index contributed by atoms with van der Waals surface area (Å²) >= 11 is 5.62. The maximum atomic E-state index is 11.8. The van der Waals surface area contributed by atoms with E-state index in [1.807, 2.05) is 13.8 Å². The number of thiol groups is 1. The minimum Gasteiger partial charge on any atom is -0.480 e. The summed E-state index contributed by atoms with van der Waals surface area (Å²) in [5.41, 5.74) is 0. The highest BCUT2D eigenvalue weighted by molar-refractivity contribution is 7.99. The van der Waals surface area contributed by atoms with Crippen molar-refractivity contribution in [2.24, 2.45) is 5.92 Å². The minimum absolute atomic E-state index is 0.197. The fraction of sp³-hybridized carbons (Fsp3) is 0.818. The second-order valence-electron chi connectivity index (χ2n) is 3.73. The smallest absolute Gasteiger partial charge is 0.327 e. The van der Waals surface area contributed by atoms with Gasteiger partial charge < -0.3 is 10.4 Å². The highest BCUT2D eigenvalue weighted by Crippen LogP contribution is 2.10. The summed E-state index contributed by atoms with van der Waals surface area (Å²) in [6.45, 7) is 3.95. The van der Waals surface area contributed by atoms with Gasteiger partial charge in [-0.3, -0.25) is 4.79 Å². The summed E-state index contributed by atoms with van der Waals surface area (Å²) in [6.07, 6.45) is 1.63. The largest absolute Gasteiger partial charge is 0.480 e. The Morgan fingerprint density at radius 1 is 1.41 bits per heavy atom. The summed E-state index contributed by atoms with van der Waals surface area (Å²) in [7, 11) is 0. The first kappa shape index (κ1) is 16.6. The average molecular weight is 279 g/mol. The van der Waals surface area contributed by atoms with Crippen LogP contribution in [0.3, 0.4) is 0 Å². The van der Waals surface area contributed by atoms with E-state index in [4.69, 9.17) is 5.11 Å². The first-order valence-corrected chi connectivity index (χ1v) is 7.57. The van der Waals surface area contributed by atoms with Crippen LogP contribution < -0.4 is 5.32 Å². The third-order valence-corrected chi connectivity index (χ3v) is 3.75. The Hall–Kier alpha value is -0.360. The zero-order valence-electron chi connectivity index (χ0n) is 10.3. The minimum atomic E-state index is -0.978. The Morgan fingerprint density at radius 3 is 2.47 bits per heavy atom. The molecule has 0 rings (SSSR count). The number of hydrogen-bond donors (Lipinski definition) is 3. The molecule has 0 fully saturated rings.